The zero-order valence-electron chi connectivity index (χ0n) is 15.3. The van der Waals surface area contributed by atoms with Gasteiger partial charge in [-0.2, -0.15) is 0 Å². The van der Waals surface area contributed by atoms with Crippen LogP contribution in [0.1, 0.15) is 31.6 Å². The van der Waals surface area contributed by atoms with Crippen LogP contribution in [0.15, 0.2) is 52.5 Å². The minimum atomic E-state index is 0.531. The van der Waals surface area contributed by atoms with Crippen LogP contribution in [-0.2, 0) is 13.1 Å². The molecule has 6 nitrogen and oxygen atoms in total. The van der Waals surface area contributed by atoms with E-state index in [4.69, 9.17) is 4.52 Å². The third-order valence-corrected chi connectivity index (χ3v) is 5.08. The largest absolute Gasteiger partial charge is 0.359 e. The maximum atomic E-state index is 5.44. The molecule has 0 unspecified atom stereocenters. The van der Waals surface area contributed by atoms with Gasteiger partial charge in [-0.25, -0.2) is 9.97 Å². The average Bonchev–Trinajstić information content (AvgIpc) is 3.12. The summed E-state index contributed by atoms with van der Waals surface area (Å²) in [5.41, 5.74) is 2.64. The molecule has 3 rings (SSSR count). The molecule has 0 bridgehead atoms. The van der Waals surface area contributed by atoms with Crippen molar-refractivity contribution in [3.05, 3.63) is 54.2 Å². The van der Waals surface area contributed by atoms with Crippen molar-refractivity contribution in [3.8, 4) is 11.4 Å². The van der Waals surface area contributed by atoms with Gasteiger partial charge in [0, 0.05) is 42.0 Å². The van der Waals surface area contributed by atoms with Gasteiger partial charge in [-0.1, -0.05) is 36.8 Å². The molecule has 3 aromatic heterocycles. The van der Waals surface area contributed by atoms with Crippen molar-refractivity contribution in [1.29, 1.82) is 0 Å². The number of hydrogen-bond acceptors (Lipinski definition) is 7. The van der Waals surface area contributed by atoms with Crippen LogP contribution in [0.2, 0.25) is 0 Å². The van der Waals surface area contributed by atoms with Crippen molar-refractivity contribution >= 4 is 11.8 Å². The molecule has 0 saturated carbocycles. The van der Waals surface area contributed by atoms with E-state index in [0.29, 0.717) is 11.8 Å². The van der Waals surface area contributed by atoms with Crippen LogP contribution in [0.25, 0.3) is 11.4 Å². The predicted octanol–water partition coefficient (Wildman–Crippen LogP) is 4.05. The van der Waals surface area contributed by atoms with Crippen molar-refractivity contribution in [2.75, 3.05) is 7.05 Å². The highest BCUT2D eigenvalue weighted by Gasteiger charge is 2.11. The fraction of sp³-hybridized carbons (Fsp3) is 0.368. The summed E-state index contributed by atoms with van der Waals surface area (Å²) in [6.07, 6.45) is 6.65. The van der Waals surface area contributed by atoms with E-state index in [1.54, 1.807) is 18.0 Å². The molecule has 7 heteroatoms. The smallest absolute Gasteiger partial charge is 0.187 e. The number of hydrogen-bond donors (Lipinski definition) is 0. The lowest BCUT2D eigenvalue weighted by Crippen LogP contribution is -2.17. The van der Waals surface area contributed by atoms with E-state index in [9.17, 15) is 0 Å². The van der Waals surface area contributed by atoms with Gasteiger partial charge >= 0.3 is 0 Å². The van der Waals surface area contributed by atoms with Crippen LogP contribution < -0.4 is 0 Å². The zero-order valence-corrected chi connectivity index (χ0v) is 16.1. The molecule has 0 fully saturated rings. The Balaban J connectivity index is 1.56. The molecule has 0 spiro atoms. The van der Waals surface area contributed by atoms with Gasteiger partial charge in [0.05, 0.1) is 12.2 Å². The average molecular weight is 369 g/mol. The van der Waals surface area contributed by atoms with E-state index in [2.05, 4.69) is 38.9 Å². The third kappa shape index (κ3) is 5.12. The summed E-state index contributed by atoms with van der Waals surface area (Å²) in [4.78, 5) is 15.3. The molecule has 0 aliphatic carbocycles. The quantitative estimate of drug-likeness (QED) is 0.438. The lowest BCUT2D eigenvalue weighted by atomic mass is 10.2. The summed E-state index contributed by atoms with van der Waals surface area (Å²) in [5, 5.41) is 5.47. The summed E-state index contributed by atoms with van der Waals surface area (Å²) in [7, 11) is 2.03. The van der Waals surface area contributed by atoms with E-state index in [-0.39, 0.29) is 0 Å². The fourth-order valence-electron chi connectivity index (χ4n) is 2.40. The Morgan fingerprint density at radius 2 is 1.92 bits per heavy atom. The first-order valence-electron chi connectivity index (χ1n) is 8.67. The third-order valence-electron chi connectivity index (χ3n) is 3.93. The minimum absolute atomic E-state index is 0.531. The highest BCUT2D eigenvalue weighted by Crippen LogP contribution is 2.21. The van der Waals surface area contributed by atoms with Gasteiger partial charge < -0.3 is 4.52 Å². The summed E-state index contributed by atoms with van der Waals surface area (Å²) in [6.45, 7) is 5.76. The lowest BCUT2D eigenvalue weighted by Gasteiger charge is -2.14. The first kappa shape index (κ1) is 18.5. The van der Waals surface area contributed by atoms with Gasteiger partial charge in [0.2, 0.25) is 0 Å². The SMILES string of the molecule is CC[C@@H](C)Sc1ncc(CN(C)Cc2cc(-c3ccccn3)no2)cn1. The number of aromatic nitrogens is 4. The lowest BCUT2D eigenvalue weighted by molar-refractivity contribution is 0.266. The topological polar surface area (TPSA) is 67.9 Å². The van der Waals surface area contributed by atoms with E-state index < -0.39 is 0 Å². The van der Waals surface area contributed by atoms with Gasteiger partial charge in [-0.15, -0.1) is 0 Å². The maximum Gasteiger partial charge on any atom is 0.187 e. The molecular weight excluding hydrogens is 346 g/mol. The predicted molar refractivity (Wildman–Crippen MR) is 103 cm³/mol. The van der Waals surface area contributed by atoms with Crippen LogP contribution in [0.3, 0.4) is 0 Å². The summed E-state index contributed by atoms with van der Waals surface area (Å²) >= 11 is 1.71. The van der Waals surface area contributed by atoms with E-state index in [1.807, 2.05) is 43.7 Å². The Kier molecular flexibility index (Phi) is 6.35. The normalized spacial score (nSPS) is 12.5. The standard InChI is InChI=1S/C19H23N5OS/c1-4-14(2)26-19-21-10-15(11-22-19)12-24(3)13-16-9-18(23-25-16)17-7-5-6-8-20-17/h5-11,14H,4,12-13H2,1-3H3/t14-/m1/s1. The molecule has 3 heterocycles. The number of thioether (sulfide) groups is 1. The van der Waals surface area contributed by atoms with Crippen molar-refractivity contribution < 1.29 is 4.52 Å². The van der Waals surface area contributed by atoms with Crippen molar-refractivity contribution in [2.24, 2.45) is 0 Å². The second-order valence-electron chi connectivity index (χ2n) is 6.28. The van der Waals surface area contributed by atoms with Crippen molar-refractivity contribution in [2.45, 2.75) is 43.8 Å². The van der Waals surface area contributed by atoms with Gasteiger partial charge in [0.1, 0.15) is 5.69 Å². The van der Waals surface area contributed by atoms with Crippen LogP contribution in [0.5, 0.6) is 0 Å². The maximum absolute atomic E-state index is 5.44. The number of rotatable bonds is 8. The molecule has 0 aliphatic rings. The van der Waals surface area contributed by atoms with Crippen LogP contribution in [0.4, 0.5) is 0 Å². The summed E-state index contributed by atoms with van der Waals surface area (Å²) in [5.74, 6) is 0.804. The first-order chi connectivity index (χ1) is 12.6. The second kappa shape index (κ2) is 8.91. The number of pyridine rings is 1. The molecule has 0 aliphatic heterocycles. The molecule has 0 amide bonds. The van der Waals surface area contributed by atoms with Crippen molar-refractivity contribution in [1.82, 2.24) is 25.0 Å². The van der Waals surface area contributed by atoms with E-state index in [1.165, 1.54) is 0 Å². The molecule has 3 aromatic rings. The van der Waals surface area contributed by atoms with Gasteiger partial charge in [0.25, 0.3) is 0 Å². The Bertz CT molecular complexity index is 806. The molecule has 136 valence electrons. The Hall–Kier alpha value is -2.25. The monoisotopic (exact) mass is 369 g/mol. The van der Waals surface area contributed by atoms with Gasteiger partial charge in [0.15, 0.2) is 10.9 Å². The van der Waals surface area contributed by atoms with Crippen molar-refractivity contribution in [3.63, 3.8) is 0 Å². The molecule has 0 saturated heterocycles. The molecule has 1 atom stereocenters. The van der Waals surface area contributed by atoms with E-state index in [0.717, 1.165) is 40.8 Å². The molecular formula is C19H23N5OS. The second-order valence-corrected chi connectivity index (χ2v) is 7.68. The summed E-state index contributed by atoms with van der Waals surface area (Å²) < 4.78 is 5.44. The van der Waals surface area contributed by atoms with Gasteiger partial charge in [-0.05, 0) is 25.6 Å². The Labute approximate surface area is 158 Å². The van der Waals surface area contributed by atoms with Gasteiger partial charge in [-0.3, -0.25) is 9.88 Å². The van der Waals surface area contributed by atoms with E-state index >= 15 is 0 Å². The highest BCUT2D eigenvalue weighted by atomic mass is 32.2. The Morgan fingerprint density at radius 3 is 2.62 bits per heavy atom. The zero-order chi connectivity index (χ0) is 18.4. The molecule has 0 N–H and O–H groups in total. The molecule has 0 radical (unpaired) electrons. The van der Waals surface area contributed by atoms with Crippen LogP contribution in [0, 0.1) is 0 Å². The van der Waals surface area contributed by atoms with Crippen LogP contribution >= 0.6 is 11.8 Å². The van der Waals surface area contributed by atoms with Crippen LogP contribution in [-0.4, -0.2) is 37.3 Å². The summed E-state index contributed by atoms with van der Waals surface area (Å²) in [6, 6.07) is 7.67. The minimum Gasteiger partial charge on any atom is -0.359 e. The number of nitrogens with zero attached hydrogens (tertiary/aromatic N) is 5. The molecule has 26 heavy (non-hydrogen) atoms. The first-order valence-corrected chi connectivity index (χ1v) is 9.55. The fourth-order valence-corrected chi connectivity index (χ4v) is 3.16. The Morgan fingerprint density at radius 1 is 1.12 bits per heavy atom. The highest BCUT2D eigenvalue weighted by molar-refractivity contribution is 7.99. The molecule has 0 aromatic carbocycles.